The fraction of sp³-hybridized carbons (Fsp3) is 0.200. The Hall–Kier alpha value is -1.54. The largest absolute Gasteiger partial charge is 0.415 e. The van der Waals surface area contributed by atoms with Gasteiger partial charge in [-0.1, -0.05) is 34.9 Å². The van der Waals surface area contributed by atoms with Gasteiger partial charge in [0.05, 0.1) is 18.8 Å². The van der Waals surface area contributed by atoms with Crippen molar-refractivity contribution in [2.45, 2.75) is 6.29 Å². The van der Waals surface area contributed by atoms with Gasteiger partial charge in [-0.3, -0.25) is 0 Å². The number of benzene rings is 2. The number of ether oxygens (including phenoxy) is 2. The van der Waals surface area contributed by atoms with E-state index in [-0.39, 0.29) is 6.29 Å². The lowest BCUT2D eigenvalue weighted by Crippen LogP contribution is -2.15. The highest BCUT2D eigenvalue weighted by atomic mass is 31.1. The van der Waals surface area contributed by atoms with Crippen LogP contribution in [0.3, 0.4) is 0 Å². The molecule has 0 spiro atoms. The normalized spacial score (nSPS) is 16.5. The molecule has 3 nitrogen and oxygen atoms in total. The van der Waals surface area contributed by atoms with Crippen LogP contribution < -0.4 is 10.6 Å². The maximum absolute atomic E-state index is 12.7. The Balaban J connectivity index is 1.98. The fourth-order valence-corrected chi connectivity index (χ4v) is 3.47. The van der Waals surface area contributed by atoms with Crippen molar-refractivity contribution in [1.82, 2.24) is 0 Å². The number of hydrogen-bond acceptors (Lipinski definition) is 3. The predicted molar refractivity (Wildman–Crippen MR) is 74.4 cm³/mol. The first-order valence-corrected chi connectivity index (χ1v) is 7.46. The van der Waals surface area contributed by atoms with Crippen molar-refractivity contribution >= 4 is 18.4 Å². The minimum atomic E-state index is -1.62. The molecule has 0 saturated carbocycles. The number of hydrogen-bond donors (Lipinski definition) is 0. The summed E-state index contributed by atoms with van der Waals surface area (Å²) >= 11 is 0. The van der Waals surface area contributed by atoms with Gasteiger partial charge >= 0.3 is 7.80 Å². The van der Waals surface area contributed by atoms with Crippen molar-refractivity contribution in [3.8, 4) is 0 Å². The first-order valence-electron chi connectivity index (χ1n) is 6.21. The smallest absolute Gasteiger partial charge is 0.346 e. The van der Waals surface area contributed by atoms with E-state index in [9.17, 15) is 4.57 Å². The minimum Gasteiger partial charge on any atom is -0.346 e. The summed E-state index contributed by atoms with van der Waals surface area (Å²) in [5.74, 6) is 0. The molecule has 2 aromatic rings. The molecular formula is C15H14O3P+. The van der Waals surface area contributed by atoms with E-state index >= 15 is 0 Å². The van der Waals surface area contributed by atoms with E-state index in [0.717, 1.165) is 16.2 Å². The van der Waals surface area contributed by atoms with E-state index in [1.807, 2.05) is 54.6 Å². The van der Waals surface area contributed by atoms with Crippen LogP contribution in [0.15, 0.2) is 54.6 Å². The Morgan fingerprint density at radius 1 is 0.895 bits per heavy atom. The molecule has 4 heteroatoms. The zero-order chi connectivity index (χ0) is 13.1. The van der Waals surface area contributed by atoms with Crippen molar-refractivity contribution in [3.63, 3.8) is 0 Å². The average molecular weight is 273 g/mol. The first kappa shape index (κ1) is 12.5. The summed E-state index contributed by atoms with van der Waals surface area (Å²) in [5.41, 5.74) is 0.866. The Morgan fingerprint density at radius 3 is 2.26 bits per heavy atom. The quantitative estimate of drug-likeness (QED) is 0.806. The summed E-state index contributed by atoms with van der Waals surface area (Å²) < 4.78 is 23.7. The topological polar surface area (TPSA) is 35.5 Å². The monoisotopic (exact) mass is 273 g/mol. The highest BCUT2D eigenvalue weighted by Gasteiger charge is 2.31. The van der Waals surface area contributed by atoms with Crippen LogP contribution in [0.1, 0.15) is 11.9 Å². The summed E-state index contributed by atoms with van der Waals surface area (Å²) in [5, 5.41) is 1.61. The molecule has 3 rings (SSSR count). The highest BCUT2D eigenvalue weighted by molar-refractivity contribution is 7.61. The fourth-order valence-electron chi connectivity index (χ4n) is 2.11. The molecule has 19 heavy (non-hydrogen) atoms. The van der Waals surface area contributed by atoms with E-state index in [0.29, 0.717) is 13.2 Å². The molecule has 0 amide bonds. The van der Waals surface area contributed by atoms with Crippen molar-refractivity contribution in [2.75, 3.05) is 13.2 Å². The van der Waals surface area contributed by atoms with Gasteiger partial charge in [0.25, 0.3) is 0 Å². The zero-order valence-electron chi connectivity index (χ0n) is 10.4. The Bertz CT molecular complexity index is 577. The standard InChI is InChI=1S/C15H14O3P/c16-19(12-6-2-1-3-7-12)14-9-5-4-8-13(14)15-17-10-11-18-15/h1-9,15H,10-11H2/q+1. The summed E-state index contributed by atoms with van der Waals surface area (Å²) in [6, 6.07) is 17.1. The van der Waals surface area contributed by atoms with Gasteiger partial charge in [0.15, 0.2) is 11.6 Å². The second-order valence-corrected chi connectivity index (χ2v) is 5.85. The zero-order valence-corrected chi connectivity index (χ0v) is 11.3. The Labute approximate surface area is 113 Å². The lowest BCUT2D eigenvalue weighted by molar-refractivity contribution is -0.0433. The second kappa shape index (κ2) is 5.62. The third-order valence-corrected chi connectivity index (χ3v) is 4.63. The Morgan fingerprint density at radius 2 is 1.53 bits per heavy atom. The molecule has 1 heterocycles. The molecule has 96 valence electrons. The maximum atomic E-state index is 12.7. The minimum absolute atomic E-state index is 0.390. The van der Waals surface area contributed by atoms with Crippen LogP contribution in [-0.2, 0) is 14.0 Å². The molecule has 1 aliphatic heterocycles. The molecular weight excluding hydrogens is 259 g/mol. The lowest BCUT2D eigenvalue weighted by Gasteiger charge is -2.08. The molecule has 1 fully saturated rings. The molecule has 0 bridgehead atoms. The van der Waals surface area contributed by atoms with Gasteiger partial charge in [-0.2, -0.15) is 0 Å². The Kier molecular flexibility index (Phi) is 3.69. The summed E-state index contributed by atoms with van der Waals surface area (Å²) in [4.78, 5) is 0. The SMILES string of the molecule is O=[P+](c1ccccc1)c1ccccc1C1OCCO1. The van der Waals surface area contributed by atoms with E-state index in [2.05, 4.69) is 0 Å². The third-order valence-electron chi connectivity index (χ3n) is 3.02. The van der Waals surface area contributed by atoms with E-state index in [4.69, 9.17) is 9.47 Å². The van der Waals surface area contributed by atoms with Crippen LogP contribution >= 0.6 is 7.80 Å². The van der Waals surface area contributed by atoms with Gasteiger partial charge in [0.1, 0.15) is 0 Å². The molecule has 1 unspecified atom stereocenters. The predicted octanol–water partition coefficient (Wildman–Crippen LogP) is 2.51. The van der Waals surface area contributed by atoms with Crippen molar-refractivity contribution in [2.24, 2.45) is 0 Å². The number of rotatable bonds is 3. The van der Waals surface area contributed by atoms with E-state index in [1.165, 1.54) is 0 Å². The van der Waals surface area contributed by atoms with Crippen molar-refractivity contribution in [3.05, 3.63) is 60.2 Å². The summed E-state index contributed by atoms with van der Waals surface area (Å²) in [6.45, 7) is 1.17. The molecule has 0 aromatic heterocycles. The first-order chi connectivity index (χ1) is 9.36. The van der Waals surface area contributed by atoms with Crippen molar-refractivity contribution < 1.29 is 14.0 Å². The van der Waals surface area contributed by atoms with Crippen LogP contribution in [0.4, 0.5) is 0 Å². The van der Waals surface area contributed by atoms with Gasteiger partial charge < -0.3 is 9.47 Å². The molecule has 0 aliphatic carbocycles. The molecule has 0 radical (unpaired) electrons. The van der Waals surface area contributed by atoms with E-state index in [1.54, 1.807) is 0 Å². The molecule has 2 aromatic carbocycles. The van der Waals surface area contributed by atoms with Crippen LogP contribution in [0, 0.1) is 0 Å². The van der Waals surface area contributed by atoms with Crippen LogP contribution in [0.25, 0.3) is 0 Å². The molecule has 1 atom stereocenters. The second-order valence-electron chi connectivity index (χ2n) is 4.26. The summed E-state index contributed by atoms with van der Waals surface area (Å²) in [7, 11) is -1.62. The van der Waals surface area contributed by atoms with Gasteiger partial charge in [-0.25, -0.2) is 0 Å². The third kappa shape index (κ3) is 2.59. The lowest BCUT2D eigenvalue weighted by atomic mass is 10.2. The van der Waals surface area contributed by atoms with E-state index < -0.39 is 7.80 Å². The maximum Gasteiger partial charge on any atom is 0.415 e. The van der Waals surface area contributed by atoms with Gasteiger partial charge in [-0.15, -0.1) is 0 Å². The van der Waals surface area contributed by atoms with Gasteiger partial charge in [0.2, 0.25) is 5.30 Å². The van der Waals surface area contributed by atoms with Crippen LogP contribution in [0.2, 0.25) is 0 Å². The molecule has 1 saturated heterocycles. The van der Waals surface area contributed by atoms with Gasteiger partial charge in [-0.05, 0) is 24.3 Å². The highest BCUT2D eigenvalue weighted by Crippen LogP contribution is 2.28. The molecule has 0 N–H and O–H groups in total. The van der Waals surface area contributed by atoms with Crippen LogP contribution in [0.5, 0.6) is 0 Å². The molecule has 1 aliphatic rings. The van der Waals surface area contributed by atoms with Gasteiger partial charge in [0, 0.05) is 0 Å². The van der Waals surface area contributed by atoms with Crippen LogP contribution in [-0.4, -0.2) is 13.2 Å². The summed E-state index contributed by atoms with van der Waals surface area (Å²) in [6.07, 6.45) is -0.390. The average Bonchev–Trinajstić information content (AvgIpc) is 3.01. The van der Waals surface area contributed by atoms with Crippen molar-refractivity contribution in [1.29, 1.82) is 0 Å².